The summed E-state index contributed by atoms with van der Waals surface area (Å²) in [5, 5.41) is 6.22. The number of hydrogen-bond donors (Lipinski definition) is 3. The van der Waals surface area contributed by atoms with E-state index in [1.165, 1.54) is 31.2 Å². The molecule has 0 radical (unpaired) electrons. The van der Waals surface area contributed by atoms with Gasteiger partial charge in [-0.3, -0.25) is 9.59 Å². The minimum Gasteiger partial charge on any atom is -0.352 e. The highest BCUT2D eigenvalue weighted by Crippen LogP contribution is 2.07. The van der Waals surface area contributed by atoms with Crippen molar-refractivity contribution in [2.24, 2.45) is 0 Å². The lowest BCUT2D eigenvalue weighted by Crippen LogP contribution is -2.30. The maximum Gasteiger partial charge on any atom is 0.252 e. The van der Waals surface area contributed by atoms with Crippen LogP contribution in [-0.4, -0.2) is 30.0 Å². The summed E-state index contributed by atoms with van der Waals surface area (Å²) < 4.78 is 0. The molecule has 1 saturated heterocycles. The molecule has 1 aliphatic rings. The fourth-order valence-electron chi connectivity index (χ4n) is 2.02. The van der Waals surface area contributed by atoms with Crippen molar-refractivity contribution < 1.29 is 4.79 Å². The number of aromatic nitrogens is 1. The second kappa shape index (κ2) is 5.63. The van der Waals surface area contributed by atoms with Crippen LogP contribution in [0.3, 0.4) is 0 Å². The lowest BCUT2D eigenvalue weighted by atomic mass is 10.1. The molecule has 2 heterocycles. The molecule has 1 amide bonds. The zero-order chi connectivity index (χ0) is 12.1. The zero-order valence-electron chi connectivity index (χ0n) is 9.66. The average Bonchev–Trinajstić information content (AvgIpc) is 2.83. The highest BCUT2D eigenvalue weighted by molar-refractivity contribution is 5.93. The van der Waals surface area contributed by atoms with Gasteiger partial charge in [-0.2, -0.15) is 0 Å². The van der Waals surface area contributed by atoms with Gasteiger partial charge in [0.15, 0.2) is 0 Å². The van der Waals surface area contributed by atoms with E-state index in [-0.39, 0.29) is 11.5 Å². The van der Waals surface area contributed by atoms with Crippen LogP contribution in [-0.2, 0) is 0 Å². The van der Waals surface area contributed by atoms with E-state index in [1.807, 2.05) is 0 Å². The normalized spacial score (nSPS) is 19.2. The number of carbonyl (C=O) groups excluding carboxylic acids is 1. The molecular formula is C12H17N3O2. The zero-order valence-corrected chi connectivity index (χ0v) is 9.66. The van der Waals surface area contributed by atoms with E-state index in [1.54, 1.807) is 0 Å². The molecule has 0 saturated carbocycles. The largest absolute Gasteiger partial charge is 0.352 e. The molecule has 0 bridgehead atoms. The molecule has 1 unspecified atom stereocenters. The van der Waals surface area contributed by atoms with Crippen molar-refractivity contribution in [3.8, 4) is 0 Å². The van der Waals surface area contributed by atoms with Crippen molar-refractivity contribution in [1.82, 2.24) is 15.6 Å². The Bertz CT molecular complexity index is 415. The molecule has 1 fully saturated rings. The fourth-order valence-corrected chi connectivity index (χ4v) is 2.02. The molecule has 1 aromatic heterocycles. The van der Waals surface area contributed by atoms with Crippen LogP contribution >= 0.6 is 0 Å². The lowest BCUT2D eigenvalue weighted by Gasteiger charge is -2.10. The first kappa shape index (κ1) is 11.9. The van der Waals surface area contributed by atoms with Crippen LogP contribution in [0.4, 0.5) is 0 Å². The highest BCUT2D eigenvalue weighted by atomic mass is 16.1. The van der Waals surface area contributed by atoms with Crippen LogP contribution in [0.15, 0.2) is 23.1 Å². The van der Waals surface area contributed by atoms with E-state index >= 15 is 0 Å². The van der Waals surface area contributed by atoms with Gasteiger partial charge < -0.3 is 15.6 Å². The molecular weight excluding hydrogens is 218 g/mol. The van der Waals surface area contributed by atoms with E-state index in [9.17, 15) is 9.59 Å². The molecule has 5 heteroatoms. The van der Waals surface area contributed by atoms with Crippen molar-refractivity contribution in [1.29, 1.82) is 0 Å². The van der Waals surface area contributed by atoms with Gasteiger partial charge in [0.25, 0.3) is 5.91 Å². The number of pyridine rings is 1. The molecule has 1 aromatic rings. The Morgan fingerprint density at radius 1 is 1.47 bits per heavy atom. The number of hydrogen-bond acceptors (Lipinski definition) is 3. The fraction of sp³-hybridized carbons (Fsp3) is 0.500. The van der Waals surface area contributed by atoms with E-state index in [2.05, 4.69) is 15.6 Å². The topological polar surface area (TPSA) is 74.0 Å². The summed E-state index contributed by atoms with van der Waals surface area (Å²) in [6, 6.07) is 3.42. The first-order valence-electron chi connectivity index (χ1n) is 5.96. The van der Waals surface area contributed by atoms with Gasteiger partial charge in [-0.15, -0.1) is 0 Å². The SMILES string of the molecule is O=C(NCCC1CCCN1)c1ccc(=O)[nH]c1. The Labute approximate surface area is 99.6 Å². The number of H-pyrrole nitrogens is 1. The predicted octanol–water partition coefficient (Wildman–Crippen LogP) is 0.247. The smallest absolute Gasteiger partial charge is 0.252 e. The molecule has 92 valence electrons. The first-order chi connectivity index (χ1) is 8.25. The van der Waals surface area contributed by atoms with Crippen LogP contribution in [0.25, 0.3) is 0 Å². The lowest BCUT2D eigenvalue weighted by molar-refractivity contribution is 0.0952. The maximum absolute atomic E-state index is 11.7. The Balaban J connectivity index is 1.76. The Morgan fingerprint density at radius 3 is 3.00 bits per heavy atom. The summed E-state index contributed by atoms with van der Waals surface area (Å²) in [6.45, 7) is 1.74. The molecule has 0 spiro atoms. The van der Waals surface area contributed by atoms with Gasteiger partial charge in [-0.05, 0) is 31.9 Å². The summed E-state index contributed by atoms with van der Waals surface area (Å²) in [5.74, 6) is -0.140. The number of carbonyl (C=O) groups is 1. The monoisotopic (exact) mass is 235 g/mol. The Morgan fingerprint density at radius 2 is 2.35 bits per heavy atom. The van der Waals surface area contributed by atoms with Gasteiger partial charge in [0.1, 0.15) is 0 Å². The predicted molar refractivity (Wildman–Crippen MR) is 65.0 cm³/mol. The number of amides is 1. The van der Waals surface area contributed by atoms with E-state index in [0.717, 1.165) is 13.0 Å². The quantitative estimate of drug-likeness (QED) is 0.700. The Kier molecular flexibility index (Phi) is 3.93. The first-order valence-corrected chi connectivity index (χ1v) is 5.96. The van der Waals surface area contributed by atoms with Gasteiger partial charge >= 0.3 is 0 Å². The molecule has 5 nitrogen and oxygen atoms in total. The summed E-state index contributed by atoms with van der Waals surface area (Å²) >= 11 is 0. The third-order valence-electron chi connectivity index (χ3n) is 2.99. The molecule has 0 aromatic carbocycles. The Hall–Kier alpha value is -1.62. The highest BCUT2D eigenvalue weighted by Gasteiger charge is 2.13. The van der Waals surface area contributed by atoms with Crippen LogP contribution in [0, 0.1) is 0 Å². The van der Waals surface area contributed by atoms with E-state index in [4.69, 9.17) is 0 Å². The molecule has 17 heavy (non-hydrogen) atoms. The number of aromatic amines is 1. The summed E-state index contributed by atoms with van der Waals surface area (Å²) in [7, 11) is 0. The molecule has 3 N–H and O–H groups in total. The van der Waals surface area contributed by atoms with Gasteiger partial charge in [0.05, 0.1) is 5.56 Å². The van der Waals surface area contributed by atoms with Crippen molar-refractivity contribution >= 4 is 5.91 Å². The minimum absolute atomic E-state index is 0.140. The standard InChI is InChI=1S/C12H17N3O2/c16-11-4-3-9(8-15-11)12(17)14-7-5-10-2-1-6-13-10/h3-4,8,10,13H,1-2,5-7H2,(H,14,17)(H,15,16). The second-order valence-electron chi connectivity index (χ2n) is 4.28. The summed E-state index contributed by atoms with van der Waals surface area (Å²) in [4.78, 5) is 25.0. The maximum atomic E-state index is 11.7. The van der Waals surface area contributed by atoms with Gasteiger partial charge in [-0.25, -0.2) is 0 Å². The number of rotatable bonds is 4. The minimum atomic E-state index is -0.197. The van der Waals surface area contributed by atoms with Crippen LogP contribution in [0.1, 0.15) is 29.6 Å². The second-order valence-corrected chi connectivity index (χ2v) is 4.28. The molecule has 1 atom stereocenters. The molecule has 1 aliphatic heterocycles. The average molecular weight is 235 g/mol. The van der Waals surface area contributed by atoms with Gasteiger partial charge in [0.2, 0.25) is 5.56 Å². The number of nitrogens with one attached hydrogen (secondary N) is 3. The van der Waals surface area contributed by atoms with Crippen LogP contribution in [0.2, 0.25) is 0 Å². The van der Waals surface area contributed by atoms with Crippen LogP contribution < -0.4 is 16.2 Å². The van der Waals surface area contributed by atoms with Crippen molar-refractivity contribution in [3.05, 3.63) is 34.2 Å². The third kappa shape index (κ3) is 3.42. The van der Waals surface area contributed by atoms with E-state index < -0.39 is 0 Å². The van der Waals surface area contributed by atoms with Crippen molar-refractivity contribution in [3.63, 3.8) is 0 Å². The summed E-state index contributed by atoms with van der Waals surface area (Å²) in [6.07, 6.45) is 4.80. The molecule has 0 aliphatic carbocycles. The van der Waals surface area contributed by atoms with Gasteiger partial charge in [0, 0.05) is 24.8 Å². The summed E-state index contributed by atoms with van der Waals surface area (Å²) in [5.41, 5.74) is 0.292. The third-order valence-corrected chi connectivity index (χ3v) is 2.99. The van der Waals surface area contributed by atoms with Gasteiger partial charge in [-0.1, -0.05) is 0 Å². The van der Waals surface area contributed by atoms with Crippen molar-refractivity contribution in [2.45, 2.75) is 25.3 Å². The molecule has 2 rings (SSSR count). The van der Waals surface area contributed by atoms with Crippen molar-refractivity contribution in [2.75, 3.05) is 13.1 Å². The van der Waals surface area contributed by atoms with Crippen LogP contribution in [0.5, 0.6) is 0 Å². The van der Waals surface area contributed by atoms with E-state index in [0.29, 0.717) is 18.2 Å².